The average molecular weight is 228 g/mol. The monoisotopic (exact) mass is 228 g/mol. The molecule has 0 fully saturated rings. The van der Waals surface area contributed by atoms with E-state index < -0.39 is 11.6 Å². The summed E-state index contributed by atoms with van der Waals surface area (Å²) in [6.45, 7) is 4.48. The zero-order valence-corrected chi connectivity index (χ0v) is 9.88. The lowest BCUT2D eigenvalue weighted by atomic mass is 9.86. The van der Waals surface area contributed by atoms with Gasteiger partial charge in [0.25, 0.3) is 0 Å². The van der Waals surface area contributed by atoms with Crippen molar-refractivity contribution >= 4 is 12.6 Å². The molecular weight excluding hydrogens is 209 g/mol. The van der Waals surface area contributed by atoms with Crippen molar-refractivity contribution in [2.24, 2.45) is 5.41 Å². The van der Waals surface area contributed by atoms with E-state index in [1.807, 2.05) is 6.92 Å². The maximum atomic E-state index is 12.4. The molecule has 0 saturated heterocycles. The highest BCUT2D eigenvalue weighted by molar-refractivity contribution is 7.80. The summed E-state index contributed by atoms with van der Waals surface area (Å²) < 4.78 is 37.2. The zero-order valence-electron chi connectivity index (χ0n) is 8.99. The number of unbranched alkanes of at least 4 members (excludes halogenated alkanes) is 1. The van der Waals surface area contributed by atoms with E-state index in [-0.39, 0.29) is 11.7 Å². The van der Waals surface area contributed by atoms with Gasteiger partial charge in [0.2, 0.25) is 0 Å². The molecule has 14 heavy (non-hydrogen) atoms. The Balaban J connectivity index is 3.78. The highest BCUT2D eigenvalue weighted by Gasteiger charge is 2.46. The van der Waals surface area contributed by atoms with Gasteiger partial charge in [-0.25, -0.2) is 0 Å². The summed E-state index contributed by atoms with van der Waals surface area (Å²) in [6, 6.07) is 0. The topological polar surface area (TPSA) is 0 Å². The molecule has 86 valence electrons. The van der Waals surface area contributed by atoms with E-state index in [0.717, 1.165) is 12.8 Å². The van der Waals surface area contributed by atoms with Crippen LogP contribution in [0.3, 0.4) is 0 Å². The lowest BCUT2D eigenvalue weighted by Crippen LogP contribution is -2.31. The normalized spacial score (nSPS) is 15.6. The Morgan fingerprint density at radius 3 is 2.00 bits per heavy atom. The number of rotatable bonds is 5. The van der Waals surface area contributed by atoms with Gasteiger partial charge >= 0.3 is 6.18 Å². The molecule has 0 nitrogen and oxygen atoms in total. The van der Waals surface area contributed by atoms with Crippen LogP contribution in [0.25, 0.3) is 0 Å². The SMILES string of the molecule is CC(S)CCCCC(C)(C)C(F)(F)F. The molecule has 0 heterocycles. The molecular formula is C10H19F3S. The van der Waals surface area contributed by atoms with E-state index in [4.69, 9.17) is 0 Å². The second kappa shape index (κ2) is 5.29. The van der Waals surface area contributed by atoms with Crippen molar-refractivity contribution in [2.45, 2.75) is 57.9 Å². The fourth-order valence-electron chi connectivity index (χ4n) is 1.15. The Bertz CT molecular complexity index is 161. The van der Waals surface area contributed by atoms with Gasteiger partial charge in [-0.05, 0) is 18.1 Å². The van der Waals surface area contributed by atoms with Crippen molar-refractivity contribution < 1.29 is 13.2 Å². The number of halogens is 3. The molecule has 0 aliphatic carbocycles. The van der Waals surface area contributed by atoms with E-state index >= 15 is 0 Å². The summed E-state index contributed by atoms with van der Waals surface area (Å²) in [5.74, 6) is 0. The molecule has 0 aromatic heterocycles. The standard InChI is InChI=1S/C10H19F3S/c1-8(14)6-4-5-7-9(2,3)10(11,12)13/h8,14H,4-7H2,1-3H3. The summed E-state index contributed by atoms with van der Waals surface area (Å²) in [5.41, 5.74) is -1.55. The third-order valence-electron chi connectivity index (χ3n) is 2.44. The quantitative estimate of drug-likeness (QED) is 0.521. The van der Waals surface area contributed by atoms with Gasteiger partial charge in [0.1, 0.15) is 0 Å². The van der Waals surface area contributed by atoms with Crippen LogP contribution in [0.4, 0.5) is 13.2 Å². The van der Waals surface area contributed by atoms with Crippen molar-refractivity contribution in [3.8, 4) is 0 Å². The smallest absolute Gasteiger partial charge is 0.176 e. The summed E-state index contributed by atoms with van der Waals surface area (Å²) in [4.78, 5) is 0. The molecule has 0 amide bonds. The first-order valence-corrected chi connectivity index (χ1v) is 5.43. The van der Waals surface area contributed by atoms with Crippen molar-refractivity contribution in [2.75, 3.05) is 0 Å². The molecule has 1 atom stereocenters. The first-order chi connectivity index (χ1) is 6.17. The van der Waals surface area contributed by atoms with Crippen LogP contribution in [-0.4, -0.2) is 11.4 Å². The molecule has 0 aromatic carbocycles. The fourth-order valence-corrected chi connectivity index (χ4v) is 1.33. The number of thiol groups is 1. The summed E-state index contributed by atoms with van der Waals surface area (Å²) in [6.07, 6.45) is -1.55. The molecule has 4 heteroatoms. The third-order valence-corrected chi connectivity index (χ3v) is 2.70. The van der Waals surface area contributed by atoms with E-state index in [9.17, 15) is 13.2 Å². The molecule has 0 aromatic rings. The van der Waals surface area contributed by atoms with Crippen LogP contribution in [0.5, 0.6) is 0 Å². The maximum absolute atomic E-state index is 12.4. The predicted octanol–water partition coefficient (Wildman–Crippen LogP) is 4.45. The van der Waals surface area contributed by atoms with Gasteiger partial charge < -0.3 is 0 Å². The van der Waals surface area contributed by atoms with Gasteiger partial charge in [0.05, 0.1) is 5.41 Å². The van der Waals surface area contributed by atoms with Gasteiger partial charge in [-0.3, -0.25) is 0 Å². The number of hydrogen-bond donors (Lipinski definition) is 1. The Kier molecular flexibility index (Phi) is 5.34. The first-order valence-electron chi connectivity index (χ1n) is 4.91. The second-order valence-electron chi connectivity index (χ2n) is 4.48. The highest BCUT2D eigenvalue weighted by Crippen LogP contribution is 2.41. The maximum Gasteiger partial charge on any atom is 0.393 e. The Labute approximate surface area is 89.7 Å². The molecule has 0 bridgehead atoms. The summed E-state index contributed by atoms with van der Waals surface area (Å²) in [7, 11) is 0. The van der Waals surface area contributed by atoms with E-state index in [0.29, 0.717) is 6.42 Å². The van der Waals surface area contributed by atoms with Gasteiger partial charge in [-0.2, -0.15) is 25.8 Å². The Morgan fingerprint density at radius 2 is 1.64 bits per heavy atom. The summed E-state index contributed by atoms with van der Waals surface area (Å²) >= 11 is 4.18. The van der Waals surface area contributed by atoms with Crippen LogP contribution >= 0.6 is 12.6 Å². The Morgan fingerprint density at radius 1 is 1.14 bits per heavy atom. The van der Waals surface area contributed by atoms with Crippen LogP contribution < -0.4 is 0 Å². The third kappa shape index (κ3) is 5.13. The van der Waals surface area contributed by atoms with Gasteiger partial charge in [0.15, 0.2) is 0 Å². The molecule has 1 unspecified atom stereocenters. The minimum atomic E-state index is -4.08. The second-order valence-corrected chi connectivity index (χ2v) is 5.36. The zero-order chi connectivity index (χ0) is 11.4. The van der Waals surface area contributed by atoms with Crippen molar-refractivity contribution in [3.05, 3.63) is 0 Å². The highest BCUT2D eigenvalue weighted by atomic mass is 32.1. The Hall–Kier alpha value is 0.140. The van der Waals surface area contributed by atoms with Crippen LogP contribution in [0.15, 0.2) is 0 Å². The van der Waals surface area contributed by atoms with Crippen molar-refractivity contribution in [1.29, 1.82) is 0 Å². The van der Waals surface area contributed by atoms with Gasteiger partial charge in [-0.1, -0.05) is 33.6 Å². The fraction of sp³-hybridized carbons (Fsp3) is 1.00. The molecule has 0 radical (unpaired) electrons. The minimum absolute atomic E-state index is 0.205. The lowest BCUT2D eigenvalue weighted by Gasteiger charge is -2.27. The first kappa shape index (κ1) is 14.1. The van der Waals surface area contributed by atoms with Crippen LogP contribution in [0, 0.1) is 5.41 Å². The molecule has 0 spiro atoms. The van der Waals surface area contributed by atoms with Crippen LogP contribution in [0.1, 0.15) is 46.5 Å². The molecule has 0 saturated carbocycles. The molecule has 0 rings (SSSR count). The minimum Gasteiger partial charge on any atom is -0.176 e. The largest absolute Gasteiger partial charge is 0.393 e. The van der Waals surface area contributed by atoms with E-state index in [2.05, 4.69) is 12.6 Å². The number of hydrogen-bond acceptors (Lipinski definition) is 1. The van der Waals surface area contributed by atoms with Crippen molar-refractivity contribution in [1.82, 2.24) is 0 Å². The van der Waals surface area contributed by atoms with E-state index in [1.54, 1.807) is 0 Å². The average Bonchev–Trinajstić information content (AvgIpc) is 1.95. The van der Waals surface area contributed by atoms with Crippen molar-refractivity contribution in [3.63, 3.8) is 0 Å². The van der Waals surface area contributed by atoms with E-state index in [1.165, 1.54) is 13.8 Å². The molecule has 0 aliphatic rings. The summed E-state index contributed by atoms with van der Waals surface area (Å²) in [5, 5.41) is 0.281. The van der Waals surface area contributed by atoms with Gasteiger partial charge in [-0.15, -0.1) is 0 Å². The van der Waals surface area contributed by atoms with Gasteiger partial charge in [0, 0.05) is 0 Å². The van der Waals surface area contributed by atoms with Crippen LogP contribution in [0.2, 0.25) is 0 Å². The molecule has 0 aliphatic heterocycles. The number of alkyl halides is 3. The van der Waals surface area contributed by atoms with Crippen LogP contribution in [-0.2, 0) is 0 Å². The lowest BCUT2D eigenvalue weighted by molar-refractivity contribution is -0.214. The molecule has 0 N–H and O–H groups in total. The predicted molar refractivity (Wildman–Crippen MR) is 56.8 cm³/mol.